The number of aromatic nitrogens is 3. The number of ether oxygens (including phenoxy) is 1. The number of hydrogen-bond acceptors (Lipinski definition) is 4. The fourth-order valence-electron chi connectivity index (χ4n) is 1.07. The normalized spacial score (nSPS) is 10.6. The second-order valence-corrected chi connectivity index (χ2v) is 3.44. The highest BCUT2D eigenvalue weighted by Crippen LogP contribution is 2.03. The van der Waals surface area contributed by atoms with E-state index in [1.807, 2.05) is 0 Å². The van der Waals surface area contributed by atoms with Crippen molar-refractivity contribution in [3.63, 3.8) is 0 Å². The van der Waals surface area contributed by atoms with Crippen LogP contribution in [0.2, 0.25) is 0 Å². The molecule has 0 aliphatic carbocycles. The Labute approximate surface area is 82.9 Å². The number of aromatic amines is 1. The quantitative estimate of drug-likeness (QED) is 0.736. The van der Waals surface area contributed by atoms with Gasteiger partial charge in [-0.15, -0.1) is 10.2 Å². The molecule has 1 heterocycles. The Morgan fingerprint density at radius 1 is 1.50 bits per heavy atom. The van der Waals surface area contributed by atoms with Crippen LogP contribution in [0.1, 0.15) is 37.2 Å². The minimum Gasteiger partial charge on any atom is -0.460 e. The summed E-state index contributed by atoms with van der Waals surface area (Å²) in [5.41, 5.74) is 0. The molecule has 0 amide bonds. The fraction of sp³-hybridized carbons (Fsp3) is 0.667. The highest BCUT2D eigenvalue weighted by molar-refractivity contribution is 5.84. The Morgan fingerprint density at radius 3 is 2.79 bits per heavy atom. The van der Waals surface area contributed by atoms with Gasteiger partial charge in [-0.2, -0.15) is 0 Å². The van der Waals surface area contributed by atoms with E-state index in [-0.39, 0.29) is 5.82 Å². The van der Waals surface area contributed by atoms with Gasteiger partial charge in [-0.05, 0) is 12.8 Å². The topological polar surface area (TPSA) is 67.9 Å². The molecule has 0 aromatic carbocycles. The molecule has 0 bridgehead atoms. The number of nitrogens with one attached hydrogen (secondary N) is 1. The molecule has 0 atom stereocenters. The van der Waals surface area contributed by atoms with Crippen molar-refractivity contribution in [3.8, 4) is 0 Å². The molecule has 1 rings (SSSR count). The molecule has 0 unspecified atom stereocenters. The van der Waals surface area contributed by atoms with E-state index in [2.05, 4.69) is 29.0 Å². The van der Waals surface area contributed by atoms with Crippen LogP contribution in [0.15, 0.2) is 0 Å². The second-order valence-electron chi connectivity index (χ2n) is 3.44. The van der Waals surface area contributed by atoms with Crippen LogP contribution < -0.4 is 0 Å². The average molecular weight is 197 g/mol. The first-order valence-corrected chi connectivity index (χ1v) is 4.72. The lowest BCUT2D eigenvalue weighted by atomic mass is 10.1. The number of H-pyrrole nitrogens is 1. The lowest BCUT2D eigenvalue weighted by Crippen LogP contribution is -2.06. The predicted molar refractivity (Wildman–Crippen MR) is 50.9 cm³/mol. The van der Waals surface area contributed by atoms with Crippen LogP contribution in [0.3, 0.4) is 0 Å². The third kappa shape index (κ3) is 2.83. The van der Waals surface area contributed by atoms with E-state index in [1.54, 1.807) is 6.92 Å². The van der Waals surface area contributed by atoms with Crippen molar-refractivity contribution in [2.24, 2.45) is 5.92 Å². The number of nitrogens with zero attached hydrogens (tertiary/aromatic N) is 2. The van der Waals surface area contributed by atoms with Gasteiger partial charge in [0, 0.05) is 6.42 Å². The van der Waals surface area contributed by atoms with Gasteiger partial charge >= 0.3 is 5.97 Å². The molecule has 0 aliphatic rings. The van der Waals surface area contributed by atoms with Crippen LogP contribution in [0, 0.1) is 5.92 Å². The van der Waals surface area contributed by atoms with Gasteiger partial charge in [0.1, 0.15) is 5.82 Å². The Bertz CT molecular complexity index is 307. The Balaban J connectivity index is 2.63. The van der Waals surface area contributed by atoms with Crippen LogP contribution in [0.25, 0.3) is 0 Å². The summed E-state index contributed by atoms with van der Waals surface area (Å²) in [5, 5.41) is 7.56. The zero-order valence-corrected chi connectivity index (χ0v) is 8.70. The smallest absolute Gasteiger partial charge is 0.376 e. The van der Waals surface area contributed by atoms with Gasteiger partial charge in [-0.1, -0.05) is 13.8 Å². The molecule has 0 fully saturated rings. The summed E-state index contributed by atoms with van der Waals surface area (Å²) >= 11 is 0. The van der Waals surface area contributed by atoms with E-state index in [9.17, 15) is 4.79 Å². The van der Waals surface area contributed by atoms with E-state index >= 15 is 0 Å². The molecule has 0 saturated heterocycles. The van der Waals surface area contributed by atoms with Crippen LogP contribution in [-0.4, -0.2) is 27.8 Å². The largest absolute Gasteiger partial charge is 0.460 e. The van der Waals surface area contributed by atoms with E-state index in [4.69, 9.17) is 4.74 Å². The first kappa shape index (κ1) is 10.7. The maximum absolute atomic E-state index is 11.2. The summed E-state index contributed by atoms with van der Waals surface area (Å²) in [4.78, 5) is 14.0. The van der Waals surface area contributed by atoms with Gasteiger partial charge < -0.3 is 9.72 Å². The highest BCUT2D eigenvalue weighted by atomic mass is 16.5. The molecule has 78 valence electrons. The monoisotopic (exact) mass is 197 g/mol. The van der Waals surface area contributed by atoms with Crippen molar-refractivity contribution in [1.29, 1.82) is 0 Å². The van der Waals surface area contributed by atoms with E-state index in [0.717, 1.165) is 12.2 Å². The molecule has 0 radical (unpaired) electrons. The number of esters is 1. The molecule has 1 N–H and O–H groups in total. The van der Waals surface area contributed by atoms with Gasteiger partial charge in [0.15, 0.2) is 0 Å². The molecule has 1 aromatic rings. The third-order valence-corrected chi connectivity index (χ3v) is 1.60. The molecule has 0 saturated carbocycles. The van der Waals surface area contributed by atoms with E-state index in [1.165, 1.54) is 0 Å². The SMILES string of the molecule is CCOC(=O)c1nnc(CC(C)C)[nH]1. The Kier molecular flexibility index (Phi) is 3.62. The summed E-state index contributed by atoms with van der Waals surface area (Å²) in [6.45, 7) is 6.25. The standard InChI is InChI=1S/C9H15N3O2/c1-4-14-9(13)8-10-7(11-12-8)5-6(2)3/h6H,4-5H2,1-3H3,(H,10,11,12). The van der Waals surface area contributed by atoms with Crippen LogP contribution in [0.5, 0.6) is 0 Å². The molecule has 5 nitrogen and oxygen atoms in total. The summed E-state index contributed by atoms with van der Waals surface area (Å²) in [7, 11) is 0. The molecule has 1 aromatic heterocycles. The maximum atomic E-state index is 11.2. The average Bonchev–Trinajstić information content (AvgIpc) is 2.52. The number of carbonyl (C=O) groups is 1. The van der Waals surface area contributed by atoms with Crippen LogP contribution >= 0.6 is 0 Å². The third-order valence-electron chi connectivity index (χ3n) is 1.60. The van der Waals surface area contributed by atoms with Crippen molar-refractivity contribution < 1.29 is 9.53 Å². The van der Waals surface area contributed by atoms with Gasteiger partial charge in [-0.25, -0.2) is 4.79 Å². The van der Waals surface area contributed by atoms with Gasteiger partial charge in [0.2, 0.25) is 5.82 Å². The van der Waals surface area contributed by atoms with Crippen LogP contribution in [0.4, 0.5) is 0 Å². The molecule has 0 aliphatic heterocycles. The van der Waals surface area contributed by atoms with Crippen molar-refractivity contribution >= 4 is 5.97 Å². The number of hydrogen-bond donors (Lipinski definition) is 1. The van der Waals surface area contributed by atoms with Gasteiger partial charge in [0.25, 0.3) is 0 Å². The first-order chi connectivity index (χ1) is 6.63. The van der Waals surface area contributed by atoms with E-state index in [0.29, 0.717) is 12.5 Å². The first-order valence-electron chi connectivity index (χ1n) is 4.72. The lowest BCUT2D eigenvalue weighted by Gasteiger charge is -1.98. The summed E-state index contributed by atoms with van der Waals surface area (Å²) in [6.07, 6.45) is 0.784. The predicted octanol–water partition coefficient (Wildman–Crippen LogP) is 1.18. The molecule has 14 heavy (non-hydrogen) atoms. The van der Waals surface area contributed by atoms with Crippen LogP contribution in [-0.2, 0) is 11.2 Å². The minimum atomic E-state index is -0.449. The maximum Gasteiger partial charge on any atom is 0.376 e. The highest BCUT2D eigenvalue weighted by Gasteiger charge is 2.12. The Hall–Kier alpha value is -1.39. The van der Waals surface area contributed by atoms with E-state index < -0.39 is 5.97 Å². The molecule has 0 spiro atoms. The summed E-state index contributed by atoms with van der Waals surface area (Å²) in [6, 6.07) is 0. The zero-order valence-electron chi connectivity index (χ0n) is 8.70. The number of carbonyl (C=O) groups excluding carboxylic acids is 1. The van der Waals surface area contributed by atoms with Crippen molar-refractivity contribution in [3.05, 3.63) is 11.6 Å². The molecular weight excluding hydrogens is 182 g/mol. The van der Waals surface area contributed by atoms with Crippen molar-refractivity contribution in [2.45, 2.75) is 27.2 Å². The molecule has 5 heteroatoms. The summed E-state index contributed by atoms with van der Waals surface area (Å²) in [5.74, 6) is 0.943. The minimum absolute atomic E-state index is 0.183. The van der Waals surface area contributed by atoms with Gasteiger partial charge in [-0.3, -0.25) is 0 Å². The van der Waals surface area contributed by atoms with Crippen molar-refractivity contribution in [1.82, 2.24) is 15.2 Å². The Morgan fingerprint density at radius 2 is 2.21 bits per heavy atom. The van der Waals surface area contributed by atoms with Crippen molar-refractivity contribution in [2.75, 3.05) is 6.61 Å². The number of rotatable bonds is 4. The zero-order chi connectivity index (χ0) is 10.6. The van der Waals surface area contributed by atoms with Gasteiger partial charge in [0.05, 0.1) is 6.61 Å². The fourth-order valence-corrected chi connectivity index (χ4v) is 1.07. The second kappa shape index (κ2) is 4.74. The summed E-state index contributed by atoms with van der Waals surface area (Å²) < 4.78 is 4.77. The lowest BCUT2D eigenvalue weighted by molar-refractivity contribution is 0.0512. The molecular formula is C9H15N3O2.